The van der Waals surface area contributed by atoms with Crippen LogP contribution < -0.4 is 15.4 Å². The molecule has 0 spiro atoms. The lowest BCUT2D eigenvalue weighted by atomic mass is 10.0. The van der Waals surface area contributed by atoms with Crippen molar-refractivity contribution >= 4 is 11.7 Å². The number of rotatable bonds is 2. The first-order chi connectivity index (χ1) is 10.2. The van der Waals surface area contributed by atoms with Crippen molar-refractivity contribution in [2.24, 2.45) is 0 Å². The van der Waals surface area contributed by atoms with Crippen LogP contribution in [0, 0.1) is 5.82 Å². The van der Waals surface area contributed by atoms with Crippen LogP contribution in [0.2, 0.25) is 0 Å². The van der Waals surface area contributed by atoms with Crippen LogP contribution in [0.5, 0.6) is 5.75 Å². The van der Waals surface area contributed by atoms with Crippen LogP contribution in [-0.4, -0.2) is 18.7 Å². The standard InChI is InChI=1S/C16H15FN2O2/c17-13-6-2-3-7-14(13)19-16(20)18-12-9-11-5-1-4-8-15(11)21-10-12/h1-8,12H,9-10H2,(H2,18,19,20)/t12-/m0/s1. The molecule has 2 N–H and O–H groups in total. The van der Waals surface area contributed by atoms with Crippen molar-refractivity contribution in [1.82, 2.24) is 5.32 Å². The Morgan fingerprint density at radius 2 is 1.90 bits per heavy atom. The molecule has 0 radical (unpaired) electrons. The van der Waals surface area contributed by atoms with Crippen LogP contribution in [-0.2, 0) is 6.42 Å². The molecule has 0 saturated heterocycles. The van der Waals surface area contributed by atoms with Crippen molar-refractivity contribution < 1.29 is 13.9 Å². The number of amides is 2. The van der Waals surface area contributed by atoms with Gasteiger partial charge in [-0.05, 0) is 30.2 Å². The molecule has 4 nitrogen and oxygen atoms in total. The molecule has 1 aliphatic rings. The van der Waals surface area contributed by atoms with Crippen molar-refractivity contribution in [2.75, 3.05) is 11.9 Å². The van der Waals surface area contributed by atoms with Gasteiger partial charge in [0.15, 0.2) is 0 Å². The summed E-state index contributed by atoms with van der Waals surface area (Å²) in [5.74, 6) is 0.392. The second-order valence-corrected chi connectivity index (χ2v) is 4.90. The molecule has 108 valence electrons. The fourth-order valence-electron chi connectivity index (χ4n) is 2.33. The van der Waals surface area contributed by atoms with Crippen molar-refractivity contribution in [3.05, 3.63) is 59.9 Å². The number of ether oxygens (including phenoxy) is 1. The molecule has 2 amide bonds. The number of benzene rings is 2. The summed E-state index contributed by atoms with van der Waals surface area (Å²) < 4.78 is 19.1. The monoisotopic (exact) mass is 286 g/mol. The van der Waals surface area contributed by atoms with E-state index in [0.717, 1.165) is 11.3 Å². The Morgan fingerprint density at radius 3 is 2.76 bits per heavy atom. The number of hydrogen-bond acceptors (Lipinski definition) is 2. The van der Waals surface area contributed by atoms with Gasteiger partial charge in [0.2, 0.25) is 0 Å². The molecule has 2 aromatic carbocycles. The van der Waals surface area contributed by atoms with E-state index >= 15 is 0 Å². The maximum atomic E-state index is 13.5. The van der Waals surface area contributed by atoms with Crippen molar-refractivity contribution in [3.63, 3.8) is 0 Å². The Morgan fingerprint density at radius 1 is 1.14 bits per heavy atom. The van der Waals surface area contributed by atoms with Crippen LogP contribution in [0.4, 0.5) is 14.9 Å². The number of fused-ring (bicyclic) bond motifs is 1. The summed E-state index contributed by atoms with van der Waals surface area (Å²) in [6, 6.07) is 13.2. The van der Waals surface area contributed by atoms with E-state index in [0.29, 0.717) is 13.0 Å². The van der Waals surface area contributed by atoms with Crippen LogP contribution in [0.1, 0.15) is 5.56 Å². The lowest BCUT2D eigenvalue weighted by Gasteiger charge is -2.26. The van der Waals surface area contributed by atoms with E-state index in [9.17, 15) is 9.18 Å². The number of urea groups is 1. The van der Waals surface area contributed by atoms with E-state index in [1.807, 2.05) is 24.3 Å². The first kappa shape index (κ1) is 13.4. The van der Waals surface area contributed by atoms with Crippen LogP contribution in [0.15, 0.2) is 48.5 Å². The highest BCUT2D eigenvalue weighted by atomic mass is 19.1. The van der Waals surface area contributed by atoms with Gasteiger partial charge in [-0.3, -0.25) is 0 Å². The van der Waals surface area contributed by atoms with Gasteiger partial charge >= 0.3 is 6.03 Å². The first-order valence-corrected chi connectivity index (χ1v) is 6.75. The Labute approximate surface area is 121 Å². The SMILES string of the molecule is O=C(Nc1ccccc1F)N[C@@H]1COc2ccccc2C1. The molecule has 0 fully saturated rings. The first-order valence-electron chi connectivity index (χ1n) is 6.75. The molecule has 1 atom stereocenters. The predicted molar refractivity (Wildman–Crippen MR) is 78.0 cm³/mol. The number of nitrogens with one attached hydrogen (secondary N) is 2. The Kier molecular flexibility index (Phi) is 3.73. The summed E-state index contributed by atoms with van der Waals surface area (Å²) in [6.45, 7) is 0.404. The lowest BCUT2D eigenvalue weighted by molar-refractivity contribution is 0.222. The smallest absolute Gasteiger partial charge is 0.319 e. The molecule has 5 heteroatoms. The average molecular weight is 286 g/mol. The zero-order valence-electron chi connectivity index (χ0n) is 11.3. The third-order valence-electron chi connectivity index (χ3n) is 3.34. The summed E-state index contributed by atoms with van der Waals surface area (Å²) in [4.78, 5) is 11.9. The summed E-state index contributed by atoms with van der Waals surface area (Å²) in [5, 5.41) is 5.29. The minimum absolute atomic E-state index is 0.133. The van der Waals surface area contributed by atoms with Gasteiger partial charge in [-0.1, -0.05) is 30.3 Å². The predicted octanol–water partition coefficient (Wildman–Crippen LogP) is 2.95. The fraction of sp³-hybridized carbons (Fsp3) is 0.188. The van der Waals surface area contributed by atoms with Crippen LogP contribution >= 0.6 is 0 Å². The third kappa shape index (κ3) is 3.13. The highest BCUT2D eigenvalue weighted by molar-refractivity contribution is 5.89. The maximum Gasteiger partial charge on any atom is 0.319 e. The van der Waals surface area contributed by atoms with Crippen LogP contribution in [0.3, 0.4) is 0 Å². The van der Waals surface area contributed by atoms with Gasteiger partial charge in [-0.2, -0.15) is 0 Å². The highest BCUT2D eigenvalue weighted by Crippen LogP contribution is 2.23. The topological polar surface area (TPSA) is 50.4 Å². The van der Waals surface area contributed by atoms with E-state index in [4.69, 9.17) is 4.74 Å². The van der Waals surface area contributed by atoms with Gasteiger partial charge in [-0.15, -0.1) is 0 Å². The summed E-state index contributed by atoms with van der Waals surface area (Å²) in [5.41, 5.74) is 1.21. The minimum Gasteiger partial charge on any atom is -0.491 e. The number of halogens is 1. The fourth-order valence-corrected chi connectivity index (χ4v) is 2.33. The van der Waals surface area contributed by atoms with Gasteiger partial charge in [0.05, 0.1) is 11.7 Å². The Bertz CT molecular complexity index is 660. The Hall–Kier alpha value is -2.56. The number of carbonyl (C=O) groups excluding carboxylic acids is 1. The largest absolute Gasteiger partial charge is 0.491 e. The summed E-state index contributed by atoms with van der Waals surface area (Å²) >= 11 is 0. The van der Waals surface area contributed by atoms with Gasteiger partial charge in [0.1, 0.15) is 18.2 Å². The summed E-state index contributed by atoms with van der Waals surface area (Å²) in [6.07, 6.45) is 0.695. The number of hydrogen-bond donors (Lipinski definition) is 2. The van der Waals surface area contributed by atoms with E-state index in [-0.39, 0.29) is 11.7 Å². The average Bonchev–Trinajstić information content (AvgIpc) is 2.49. The van der Waals surface area contributed by atoms with Crippen molar-refractivity contribution in [3.8, 4) is 5.75 Å². The minimum atomic E-state index is -0.460. The molecule has 21 heavy (non-hydrogen) atoms. The van der Waals surface area contributed by atoms with Gasteiger partial charge in [0, 0.05) is 0 Å². The Balaban J connectivity index is 1.60. The lowest BCUT2D eigenvalue weighted by Crippen LogP contribution is -2.44. The van der Waals surface area contributed by atoms with E-state index in [1.54, 1.807) is 12.1 Å². The van der Waals surface area contributed by atoms with Gasteiger partial charge in [0.25, 0.3) is 0 Å². The molecule has 1 aliphatic heterocycles. The number of carbonyl (C=O) groups is 1. The molecule has 0 saturated carbocycles. The maximum absolute atomic E-state index is 13.5. The third-order valence-corrected chi connectivity index (χ3v) is 3.34. The molecular formula is C16H15FN2O2. The molecule has 2 aromatic rings. The normalized spacial score (nSPS) is 16.5. The zero-order valence-corrected chi connectivity index (χ0v) is 11.3. The molecule has 0 bridgehead atoms. The summed E-state index contributed by atoms with van der Waals surface area (Å²) in [7, 11) is 0. The van der Waals surface area contributed by atoms with E-state index < -0.39 is 11.8 Å². The van der Waals surface area contributed by atoms with Gasteiger partial charge < -0.3 is 15.4 Å². The van der Waals surface area contributed by atoms with E-state index in [1.165, 1.54) is 12.1 Å². The van der Waals surface area contributed by atoms with Crippen molar-refractivity contribution in [1.29, 1.82) is 0 Å². The molecule has 1 heterocycles. The second kappa shape index (κ2) is 5.83. The molecule has 0 aliphatic carbocycles. The van der Waals surface area contributed by atoms with Crippen molar-refractivity contribution in [2.45, 2.75) is 12.5 Å². The second-order valence-electron chi connectivity index (χ2n) is 4.90. The number of para-hydroxylation sites is 2. The molecule has 3 rings (SSSR count). The quantitative estimate of drug-likeness (QED) is 0.891. The van der Waals surface area contributed by atoms with Crippen LogP contribution in [0.25, 0.3) is 0 Å². The van der Waals surface area contributed by atoms with Gasteiger partial charge in [-0.25, -0.2) is 9.18 Å². The molecular weight excluding hydrogens is 271 g/mol. The highest BCUT2D eigenvalue weighted by Gasteiger charge is 2.21. The van der Waals surface area contributed by atoms with E-state index in [2.05, 4.69) is 10.6 Å². The molecule has 0 aromatic heterocycles. The zero-order chi connectivity index (χ0) is 14.7. The molecule has 0 unspecified atom stereocenters. The number of anilines is 1.